The number of hydrogen-bond acceptors (Lipinski definition) is 5. The summed E-state index contributed by atoms with van der Waals surface area (Å²) >= 11 is 0. The number of rotatable bonds is 38. The maximum Gasteiger partial charge on any atom is 0.326 e. The van der Waals surface area contributed by atoms with Gasteiger partial charge in [-0.1, -0.05) is 146 Å². The molecule has 0 radical (unpaired) electrons. The number of carbonyl (C=O) groups excluding carboxylic acids is 2. The molecule has 53 heavy (non-hydrogen) atoms. The van der Waals surface area contributed by atoms with Crippen LogP contribution in [0.25, 0.3) is 0 Å². The van der Waals surface area contributed by atoms with E-state index in [9.17, 15) is 19.5 Å². The second-order valence-electron chi connectivity index (χ2n) is 14.4. The van der Waals surface area contributed by atoms with E-state index in [1.807, 2.05) is 0 Å². The standard InChI is InChI=1S/C46H80N2O5/c1-3-5-7-9-11-13-14-15-16-17-18-19-20-21-22-24-26-28-34-40-45(50)53-42(36-31-27-25-23-12-10-8-6-4-2)37-32-29-30-33-39-44(49)48-43(46(51)52)38-35-41-47/h5,7,11,13,15-16,18-19,31,36,42-43H,3-4,6,8-10,12,14,17,20-30,32-35,37-41,47H2,1-2H3,(H,48,49)(H,51,52)/b7-5-,13-11-,16-15-,19-18-,36-31-. The highest BCUT2D eigenvalue weighted by molar-refractivity contribution is 5.83. The Hall–Kier alpha value is -2.93. The number of esters is 1. The normalized spacial score (nSPS) is 13.3. The zero-order valence-corrected chi connectivity index (χ0v) is 34.1. The summed E-state index contributed by atoms with van der Waals surface area (Å²) < 4.78 is 5.93. The number of nitrogens with one attached hydrogen (secondary N) is 1. The molecule has 0 bridgehead atoms. The summed E-state index contributed by atoms with van der Waals surface area (Å²) in [5, 5.41) is 11.9. The molecule has 2 unspecified atom stereocenters. The minimum Gasteiger partial charge on any atom is -0.480 e. The number of ether oxygens (including phenoxy) is 1. The zero-order chi connectivity index (χ0) is 38.9. The van der Waals surface area contributed by atoms with E-state index in [1.165, 1.54) is 64.2 Å². The Morgan fingerprint density at radius 1 is 0.585 bits per heavy atom. The molecule has 7 heteroatoms. The van der Waals surface area contributed by atoms with Gasteiger partial charge in [-0.3, -0.25) is 9.59 Å². The Morgan fingerprint density at radius 2 is 1.09 bits per heavy atom. The maximum atomic E-state index is 12.7. The number of carboxylic acids is 1. The van der Waals surface area contributed by atoms with E-state index in [-0.39, 0.29) is 18.0 Å². The summed E-state index contributed by atoms with van der Waals surface area (Å²) in [6.07, 6.45) is 49.9. The zero-order valence-electron chi connectivity index (χ0n) is 34.1. The molecule has 0 aliphatic heterocycles. The number of hydrogen-bond donors (Lipinski definition) is 3. The molecule has 0 aliphatic carbocycles. The van der Waals surface area contributed by atoms with Gasteiger partial charge in [0, 0.05) is 12.8 Å². The predicted octanol–water partition coefficient (Wildman–Crippen LogP) is 12.2. The minimum atomic E-state index is -1.02. The van der Waals surface area contributed by atoms with Crippen molar-refractivity contribution in [2.24, 2.45) is 5.73 Å². The van der Waals surface area contributed by atoms with Gasteiger partial charge in [0.05, 0.1) is 0 Å². The van der Waals surface area contributed by atoms with Gasteiger partial charge >= 0.3 is 11.9 Å². The summed E-state index contributed by atoms with van der Waals surface area (Å²) in [7, 11) is 0. The number of nitrogens with two attached hydrogens (primary N) is 1. The summed E-state index contributed by atoms with van der Waals surface area (Å²) in [6, 6.07) is -0.874. The van der Waals surface area contributed by atoms with Gasteiger partial charge in [0.1, 0.15) is 12.1 Å². The molecular formula is C46H80N2O5. The molecule has 2 atom stereocenters. The summed E-state index contributed by atoms with van der Waals surface area (Å²) in [5.41, 5.74) is 5.48. The molecule has 0 aromatic carbocycles. The Balaban J connectivity index is 4.31. The van der Waals surface area contributed by atoms with Gasteiger partial charge in [0.25, 0.3) is 0 Å². The van der Waals surface area contributed by atoms with Crippen LogP contribution in [0.4, 0.5) is 0 Å². The van der Waals surface area contributed by atoms with Crippen LogP contribution < -0.4 is 11.1 Å². The molecule has 0 aromatic heterocycles. The topological polar surface area (TPSA) is 119 Å². The lowest BCUT2D eigenvalue weighted by Crippen LogP contribution is -2.40. The molecule has 0 saturated carbocycles. The molecule has 0 saturated heterocycles. The van der Waals surface area contributed by atoms with Crippen molar-refractivity contribution in [3.8, 4) is 0 Å². The molecular weight excluding hydrogens is 661 g/mol. The van der Waals surface area contributed by atoms with Crippen molar-refractivity contribution >= 4 is 17.8 Å². The van der Waals surface area contributed by atoms with Gasteiger partial charge in [-0.25, -0.2) is 4.79 Å². The lowest BCUT2D eigenvalue weighted by atomic mass is 10.1. The van der Waals surface area contributed by atoms with Crippen molar-refractivity contribution in [2.75, 3.05) is 6.54 Å². The quantitative estimate of drug-likeness (QED) is 0.0329. The molecule has 0 spiro atoms. The average molecular weight is 741 g/mol. The Labute approximate surface area is 325 Å². The van der Waals surface area contributed by atoms with Crippen LogP contribution >= 0.6 is 0 Å². The second-order valence-corrected chi connectivity index (χ2v) is 14.4. The first kappa shape index (κ1) is 50.1. The Morgan fingerprint density at radius 3 is 1.68 bits per heavy atom. The van der Waals surface area contributed by atoms with Gasteiger partial charge in [-0.2, -0.15) is 0 Å². The van der Waals surface area contributed by atoms with Gasteiger partial charge < -0.3 is 20.9 Å². The fourth-order valence-electron chi connectivity index (χ4n) is 6.06. The monoisotopic (exact) mass is 741 g/mol. The number of amides is 1. The smallest absolute Gasteiger partial charge is 0.326 e. The lowest BCUT2D eigenvalue weighted by molar-refractivity contribution is -0.147. The van der Waals surface area contributed by atoms with Gasteiger partial charge in [-0.15, -0.1) is 0 Å². The summed E-state index contributed by atoms with van der Waals surface area (Å²) in [4.78, 5) is 36.3. The van der Waals surface area contributed by atoms with Crippen LogP contribution in [0.3, 0.4) is 0 Å². The average Bonchev–Trinajstić information content (AvgIpc) is 3.14. The van der Waals surface area contributed by atoms with Crippen molar-refractivity contribution in [3.63, 3.8) is 0 Å². The number of carboxylic acid groups (broad SMARTS) is 1. The van der Waals surface area contributed by atoms with Gasteiger partial charge in [0.15, 0.2) is 0 Å². The molecule has 0 aliphatic rings. The van der Waals surface area contributed by atoms with Crippen molar-refractivity contribution in [1.82, 2.24) is 5.32 Å². The summed E-state index contributed by atoms with van der Waals surface area (Å²) in [5.74, 6) is -1.35. The Bertz CT molecular complexity index is 1020. The van der Waals surface area contributed by atoms with Crippen LogP contribution in [0.1, 0.15) is 194 Å². The van der Waals surface area contributed by atoms with E-state index in [0.29, 0.717) is 38.6 Å². The third-order valence-electron chi connectivity index (χ3n) is 9.30. The first-order chi connectivity index (χ1) is 25.9. The Kier molecular flexibility index (Phi) is 38.0. The third kappa shape index (κ3) is 37.2. The predicted molar refractivity (Wildman–Crippen MR) is 225 cm³/mol. The van der Waals surface area contributed by atoms with E-state index in [2.05, 4.69) is 79.9 Å². The first-order valence-corrected chi connectivity index (χ1v) is 21.6. The van der Waals surface area contributed by atoms with Gasteiger partial charge in [0.2, 0.25) is 5.91 Å². The molecule has 7 nitrogen and oxygen atoms in total. The molecule has 1 amide bonds. The number of unbranched alkanes of at least 4 members (excludes halogenated alkanes) is 16. The molecule has 0 aromatic rings. The van der Waals surface area contributed by atoms with Crippen LogP contribution in [0.5, 0.6) is 0 Å². The highest BCUT2D eigenvalue weighted by atomic mass is 16.5. The lowest BCUT2D eigenvalue weighted by Gasteiger charge is -2.15. The van der Waals surface area contributed by atoms with Crippen molar-refractivity contribution in [1.29, 1.82) is 0 Å². The van der Waals surface area contributed by atoms with E-state index >= 15 is 0 Å². The number of carbonyl (C=O) groups is 3. The van der Waals surface area contributed by atoms with Crippen molar-refractivity contribution < 1.29 is 24.2 Å². The van der Waals surface area contributed by atoms with E-state index in [1.54, 1.807) is 0 Å². The highest BCUT2D eigenvalue weighted by Crippen LogP contribution is 2.15. The molecule has 304 valence electrons. The second kappa shape index (κ2) is 40.3. The van der Waals surface area contributed by atoms with E-state index in [4.69, 9.17) is 10.5 Å². The molecule has 0 heterocycles. The third-order valence-corrected chi connectivity index (χ3v) is 9.30. The minimum absolute atomic E-state index is 0.103. The van der Waals surface area contributed by atoms with E-state index < -0.39 is 12.0 Å². The fourth-order valence-corrected chi connectivity index (χ4v) is 6.06. The molecule has 0 rings (SSSR count). The fraction of sp³-hybridized carbons (Fsp3) is 0.717. The highest BCUT2D eigenvalue weighted by Gasteiger charge is 2.19. The van der Waals surface area contributed by atoms with Gasteiger partial charge in [-0.05, 0) is 103 Å². The van der Waals surface area contributed by atoms with Crippen LogP contribution in [0.2, 0.25) is 0 Å². The largest absolute Gasteiger partial charge is 0.480 e. The van der Waals surface area contributed by atoms with Crippen LogP contribution in [-0.4, -0.2) is 41.6 Å². The molecule has 0 fully saturated rings. The SMILES string of the molecule is CC/C=C\C/C=C\C/C=C\C/C=C\CCCCCCCCC(=O)OC(/C=C\CCCCCCCCC)CCCCCCC(=O)NC(CCCN)C(=O)O. The van der Waals surface area contributed by atoms with Crippen LogP contribution in [0, 0.1) is 0 Å². The summed E-state index contributed by atoms with van der Waals surface area (Å²) in [6.45, 7) is 4.80. The van der Waals surface area contributed by atoms with Crippen LogP contribution in [0.15, 0.2) is 60.8 Å². The van der Waals surface area contributed by atoms with Crippen LogP contribution in [-0.2, 0) is 19.1 Å². The first-order valence-electron chi connectivity index (χ1n) is 21.6. The van der Waals surface area contributed by atoms with E-state index in [0.717, 1.165) is 83.5 Å². The van der Waals surface area contributed by atoms with Crippen molar-refractivity contribution in [3.05, 3.63) is 60.8 Å². The number of allylic oxidation sites excluding steroid dienone is 9. The molecule has 4 N–H and O–H groups in total. The van der Waals surface area contributed by atoms with Crippen molar-refractivity contribution in [2.45, 2.75) is 206 Å². The number of aliphatic carboxylic acids is 1. The maximum absolute atomic E-state index is 12.7.